The minimum absolute atomic E-state index is 0.140. The molecule has 1 saturated heterocycles. The maximum atomic E-state index is 12.3. The summed E-state index contributed by atoms with van der Waals surface area (Å²) < 4.78 is 9.69. The third-order valence-corrected chi connectivity index (χ3v) is 3.74. The molecule has 130 valence electrons. The maximum Gasteiger partial charge on any atom is 0.326 e. The van der Waals surface area contributed by atoms with Crippen LogP contribution in [0.15, 0.2) is 0 Å². The molecular formula is C14H22N2O6S. The fourth-order valence-electron chi connectivity index (χ4n) is 1.79. The van der Waals surface area contributed by atoms with Crippen LogP contribution in [0.4, 0.5) is 0 Å². The van der Waals surface area contributed by atoms with Crippen molar-refractivity contribution in [2.75, 3.05) is 38.4 Å². The van der Waals surface area contributed by atoms with Crippen LogP contribution < -0.4 is 0 Å². The first-order chi connectivity index (χ1) is 10.6. The zero-order valence-electron chi connectivity index (χ0n) is 13.8. The van der Waals surface area contributed by atoms with Gasteiger partial charge in [-0.2, -0.15) is 0 Å². The number of esters is 2. The third kappa shape index (κ3) is 6.89. The van der Waals surface area contributed by atoms with Crippen LogP contribution in [0.2, 0.25) is 0 Å². The first-order valence-electron chi connectivity index (χ1n) is 7.04. The Morgan fingerprint density at radius 3 is 2.30 bits per heavy atom. The van der Waals surface area contributed by atoms with Crippen molar-refractivity contribution in [2.45, 2.75) is 26.4 Å². The minimum atomic E-state index is -0.696. The molecule has 0 saturated carbocycles. The van der Waals surface area contributed by atoms with E-state index in [2.05, 4.69) is 4.74 Å². The van der Waals surface area contributed by atoms with Gasteiger partial charge < -0.3 is 19.3 Å². The molecule has 0 bridgehead atoms. The van der Waals surface area contributed by atoms with Gasteiger partial charge in [0.25, 0.3) is 0 Å². The van der Waals surface area contributed by atoms with E-state index in [-0.39, 0.29) is 25.5 Å². The van der Waals surface area contributed by atoms with Gasteiger partial charge in [-0.15, -0.1) is 11.8 Å². The van der Waals surface area contributed by atoms with Crippen LogP contribution >= 0.6 is 11.8 Å². The second kappa shape index (κ2) is 8.19. The normalized spacial score (nSPS) is 14.6. The molecule has 8 nitrogen and oxygen atoms in total. The minimum Gasteiger partial charge on any atom is -0.468 e. The number of methoxy groups -OCH3 is 1. The van der Waals surface area contributed by atoms with Crippen LogP contribution in [0, 0.1) is 0 Å². The molecule has 0 aliphatic carbocycles. The molecular weight excluding hydrogens is 324 g/mol. The number of amides is 2. The summed E-state index contributed by atoms with van der Waals surface area (Å²) >= 11 is 1.41. The molecule has 1 aliphatic rings. The largest absolute Gasteiger partial charge is 0.468 e. The fourth-order valence-corrected chi connectivity index (χ4v) is 2.69. The molecule has 0 aromatic heterocycles. The molecule has 0 N–H and O–H groups in total. The van der Waals surface area contributed by atoms with Gasteiger partial charge in [-0.25, -0.2) is 0 Å². The Balaban J connectivity index is 2.70. The van der Waals surface area contributed by atoms with Crippen molar-refractivity contribution < 1.29 is 28.7 Å². The van der Waals surface area contributed by atoms with Crippen LogP contribution in [0.3, 0.4) is 0 Å². The van der Waals surface area contributed by atoms with Crippen molar-refractivity contribution in [3.8, 4) is 0 Å². The number of hydrogen-bond acceptors (Lipinski definition) is 7. The number of carbonyl (C=O) groups excluding carboxylic acids is 4. The van der Waals surface area contributed by atoms with Gasteiger partial charge in [0.2, 0.25) is 11.8 Å². The van der Waals surface area contributed by atoms with E-state index in [4.69, 9.17) is 4.74 Å². The van der Waals surface area contributed by atoms with Gasteiger partial charge >= 0.3 is 11.9 Å². The number of rotatable bonds is 6. The van der Waals surface area contributed by atoms with Gasteiger partial charge in [-0.05, 0) is 20.8 Å². The van der Waals surface area contributed by atoms with Crippen LogP contribution in [0.1, 0.15) is 20.8 Å². The predicted molar refractivity (Wildman–Crippen MR) is 83.5 cm³/mol. The first kappa shape index (κ1) is 19.3. The molecule has 1 rings (SSSR count). The highest BCUT2D eigenvalue weighted by Crippen LogP contribution is 2.15. The van der Waals surface area contributed by atoms with Crippen molar-refractivity contribution in [1.29, 1.82) is 0 Å². The van der Waals surface area contributed by atoms with Crippen molar-refractivity contribution in [2.24, 2.45) is 0 Å². The van der Waals surface area contributed by atoms with E-state index in [1.165, 1.54) is 23.8 Å². The number of nitrogens with zero attached hydrogens (tertiary/aromatic N) is 2. The monoisotopic (exact) mass is 346 g/mol. The third-order valence-electron chi connectivity index (χ3n) is 2.79. The van der Waals surface area contributed by atoms with E-state index in [9.17, 15) is 19.2 Å². The van der Waals surface area contributed by atoms with Crippen LogP contribution in [0.25, 0.3) is 0 Å². The van der Waals surface area contributed by atoms with Gasteiger partial charge in [0, 0.05) is 0 Å². The summed E-state index contributed by atoms with van der Waals surface area (Å²) in [5.74, 6) is -1.17. The number of thioether (sulfide) groups is 1. The summed E-state index contributed by atoms with van der Waals surface area (Å²) in [5.41, 5.74) is -0.696. The Morgan fingerprint density at radius 1 is 1.22 bits per heavy atom. The van der Waals surface area contributed by atoms with E-state index in [1.807, 2.05) is 0 Å². The summed E-state index contributed by atoms with van der Waals surface area (Å²) in [6.07, 6.45) is 0. The van der Waals surface area contributed by atoms with Crippen molar-refractivity contribution >= 4 is 35.5 Å². The summed E-state index contributed by atoms with van der Waals surface area (Å²) in [6, 6.07) is 0. The second-order valence-corrected chi connectivity index (χ2v) is 6.94. The van der Waals surface area contributed by atoms with Crippen molar-refractivity contribution in [3.63, 3.8) is 0 Å². The summed E-state index contributed by atoms with van der Waals surface area (Å²) in [4.78, 5) is 49.6. The van der Waals surface area contributed by atoms with Gasteiger partial charge in [-0.3, -0.25) is 19.2 Å². The maximum absolute atomic E-state index is 12.3. The number of ether oxygens (including phenoxy) is 2. The number of hydrogen-bond donors (Lipinski definition) is 0. The van der Waals surface area contributed by atoms with Crippen LogP contribution in [-0.2, 0) is 28.7 Å². The smallest absolute Gasteiger partial charge is 0.326 e. The molecule has 1 heterocycles. The lowest BCUT2D eigenvalue weighted by molar-refractivity contribution is -0.160. The lowest BCUT2D eigenvalue weighted by Gasteiger charge is -2.26. The van der Waals surface area contributed by atoms with Crippen molar-refractivity contribution in [1.82, 2.24) is 9.80 Å². The SMILES string of the molecule is COC(=O)CN(CC(=O)OC(C)(C)C)C(=O)CN1CSCC1=O. The summed E-state index contributed by atoms with van der Waals surface area (Å²) in [7, 11) is 1.19. The Labute approximate surface area is 139 Å². The van der Waals surface area contributed by atoms with E-state index in [0.717, 1.165) is 4.90 Å². The molecule has 0 atom stereocenters. The molecule has 1 aliphatic heterocycles. The highest BCUT2D eigenvalue weighted by Gasteiger charge is 2.28. The average molecular weight is 346 g/mol. The Morgan fingerprint density at radius 2 is 1.83 bits per heavy atom. The first-order valence-corrected chi connectivity index (χ1v) is 8.20. The van der Waals surface area contributed by atoms with Crippen LogP contribution in [-0.4, -0.2) is 77.5 Å². The van der Waals surface area contributed by atoms with Gasteiger partial charge in [-0.1, -0.05) is 0 Å². The predicted octanol–water partition coefficient (Wildman–Crippen LogP) is -0.137. The van der Waals surface area contributed by atoms with Crippen molar-refractivity contribution in [3.05, 3.63) is 0 Å². The molecule has 0 aromatic carbocycles. The lowest BCUT2D eigenvalue weighted by atomic mass is 10.2. The highest BCUT2D eigenvalue weighted by atomic mass is 32.2. The Kier molecular flexibility index (Phi) is 6.86. The Bertz CT molecular complexity index is 488. The zero-order valence-corrected chi connectivity index (χ0v) is 14.6. The van der Waals surface area contributed by atoms with E-state index < -0.39 is 23.4 Å². The lowest BCUT2D eigenvalue weighted by Crippen LogP contribution is -2.46. The molecule has 0 radical (unpaired) electrons. The molecule has 2 amide bonds. The molecule has 9 heteroatoms. The molecule has 23 heavy (non-hydrogen) atoms. The standard InChI is InChI=1S/C14H22N2O6S/c1-14(2,3)22-13(20)7-15(6-12(19)21-4)10(17)5-16-9-23-8-11(16)18/h5-9H2,1-4H3. The van der Waals surface area contributed by atoms with Crippen LogP contribution in [0.5, 0.6) is 0 Å². The molecule has 0 spiro atoms. The highest BCUT2D eigenvalue weighted by molar-refractivity contribution is 8.00. The van der Waals surface area contributed by atoms with E-state index in [0.29, 0.717) is 11.6 Å². The summed E-state index contributed by atoms with van der Waals surface area (Å²) in [5, 5.41) is 0. The van der Waals surface area contributed by atoms with E-state index >= 15 is 0 Å². The molecule has 0 aromatic rings. The fraction of sp³-hybridized carbons (Fsp3) is 0.714. The topological polar surface area (TPSA) is 93.2 Å². The van der Waals surface area contributed by atoms with Gasteiger partial charge in [0.1, 0.15) is 25.2 Å². The average Bonchev–Trinajstić information content (AvgIpc) is 2.81. The second-order valence-electron chi connectivity index (χ2n) is 5.98. The quantitative estimate of drug-likeness (QED) is 0.618. The zero-order chi connectivity index (χ0) is 17.6. The molecule has 1 fully saturated rings. The number of carbonyl (C=O) groups is 4. The van der Waals surface area contributed by atoms with Gasteiger partial charge in [0.15, 0.2) is 0 Å². The molecule has 0 unspecified atom stereocenters. The van der Waals surface area contributed by atoms with E-state index in [1.54, 1.807) is 20.8 Å². The van der Waals surface area contributed by atoms with Gasteiger partial charge in [0.05, 0.1) is 18.7 Å². The Hall–Kier alpha value is -1.77. The summed E-state index contributed by atoms with van der Waals surface area (Å²) in [6.45, 7) is 4.20.